The number of rotatable bonds is 0. The molecule has 0 aromatic heterocycles. The monoisotopic (exact) mass is 106 g/mol. The fourth-order valence-electron chi connectivity index (χ4n) is 0. The van der Waals surface area contributed by atoms with Gasteiger partial charge in [0.05, 0.1) is 0 Å². The first-order valence-electron chi connectivity index (χ1n) is 1.20. The Balaban J connectivity index is -0.0000000450. The molecule has 28 valence electrons. The Morgan fingerprint density at radius 3 is 1.17 bits per heavy atom. The summed E-state index contributed by atoms with van der Waals surface area (Å²) < 4.78 is 0. The molecule has 0 N–H and O–H groups in total. The van der Waals surface area contributed by atoms with Gasteiger partial charge in [-0.15, -0.1) is 0 Å². The zero-order valence-electron chi connectivity index (χ0n) is 2.91. The molecule has 0 heterocycles. The molecule has 0 aliphatic carbocycles. The summed E-state index contributed by atoms with van der Waals surface area (Å²) >= 11 is 0. The standard InChI is InChI=1S/C3H6O.2Na.2H/c1-3(2)4;;;;/h1-2H3;;;;. The van der Waals surface area contributed by atoms with E-state index in [0.29, 0.717) is 0 Å². The topological polar surface area (TPSA) is 17.1 Å². The van der Waals surface area contributed by atoms with Crippen LogP contribution >= 0.6 is 0 Å². The molecule has 0 aliphatic rings. The van der Waals surface area contributed by atoms with Gasteiger partial charge < -0.3 is 4.79 Å². The van der Waals surface area contributed by atoms with Gasteiger partial charge in [-0.3, -0.25) is 0 Å². The molecule has 0 atom stereocenters. The molecule has 6 heavy (non-hydrogen) atoms. The zero-order valence-corrected chi connectivity index (χ0v) is 2.91. The van der Waals surface area contributed by atoms with Crippen molar-refractivity contribution in [1.29, 1.82) is 0 Å². The molecule has 0 rings (SSSR count). The SMILES string of the molecule is CC(C)=O.[NaH].[NaH]. The first-order chi connectivity index (χ1) is 1.73. The van der Waals surface area contributed by atoms with Gasteiger partial charge in [0, 0.05) is 0 Å². The number of Topliss-reactive ketones (excluding diaryl/α,β-unsaturated/α-hetero) is 1. The third-order valence-corrected chi connectivity index (χ3v) is 0. The summed E-state index contributed by atoms with van der Waals surface area (Å²) in [5, 5.41) is 0. The molecule has 0 bridgehead atoms. The Bertz CT molecular complexity index is 31.8. The molecule has 0 saturated heterocycles. The molecule has 0 aromatic carbocycles. The van der Waals surface area contributed by atoms with E-state index in [0.717, 1.165) is 0 Å². The average Bonchev–Trinajstić information content (AvgIpc) is 0.811. The Labute approximate surface area is 82.5 Å². The molecule has 1 nitrogen and oxygen atoms in total. The van der Waals surface area contributed by atoms with Gasteiger partial charge in [0.2, 0.25) is 0 Å². The first kappa shape index (κ1) is 15.6. The maximum absolute atomic E-state index is 9.44. The number of carbonyl (C=O) groups is 1. The van der Waals surface area contributed by atoms with E-state index in [-0.39, 0.29) is 64.9 Å². The van der Waals surface area contributed by atoms with E-state index in [9.17, 15) is 4.79 Å². The molecule has 0 unspecified atom stereocenters. The summed E-state index contributed by atoms with van der Waals surface area (Å²) in [4.78, 5) is 9.44. The van der Waals surface area contributed by atoms with E-state index >= 15 is 0 Å². The van der Waals surface area contributed by atoms with E-state index in [2.05, 4.69) is 0 Å². The van der Waals surface area contributed by atoms with Crippen molar-refractivity contribution in [1.82, 2.24) is 0 Å². The third-order valence-electron chi connectivity index (χ3n) is 0. The van der Waals surface area contributed by atoms with Crippen LogP contribution in [0.4, 0.5) is 0 Å². The second-order valence-electron chi connectivity index (χ2n) is 0.908. The fraction of sp³-hybridized carbons (Fsp3) is 0.667. The predicted molar refractivity (Wildman–Crippen MR) is 30.7 cm³/mol. The van der Waals surface area contributed by atoms with E-state index in [1.807, 2.05) is 0 Å². The summed E-state index contributed by atoms with van der Waals surface area (Å²) in [6.45, 7) is 3.06. The quantitative estimate of drug-likeness (QED) is 0.373. The van der Waals surface area contributed by atoms with Gasteiger partial charge in [-0.1, -0.05) is 0 Å². The van der Waals surface area contributed by atoms with Crippen LogP contribution in [0.2, 0.25) is 0 Å². The van der Waals surface area contributed by atoms with Crippen molar-refractivity contribution in [3.8, 4) is 0 Å². The van der Waals surface area contributed by atoms with Crippen LogP contribution in [0.3, 0.4) is 0 Å². The van der Waals surface area contributed by atoms with Crippen LogP contribution in [0.1, 0.15) is 13.8 Å². The van der Waals surface area contributed by atoms with Gasteiger partial charge in [0.25, 0.3) is 0 Å². The molecule has 0 aromatic rings. The molecular formula is C3H8Na2O. The van der Waals surface area contributed by atoms with Crippen molar-refractivity contribution < 1.29 is 4.79 Å². The maximum atomic E-state index is 9.44. The van der Waals surface area contributed by atoms with Crippen molar-refractivity contribution in [2.75, 3.05) is 0 Å². The Morgan fingerprint density at radius 2 is 1.17 bits per heavy atom. The minimum absolute atomic E-state index is 0. The van der Waals surface area contributed by atoms with Crippen LogP contribution in [-0.4, -0.2) is 64.9 Å². The molecular weight excluding hydrogens is 98.0 g/mol. The molecule has 0 radical (unpaired) electrons. The third kappa shape index (κ3) is 44.3. The van der Waals surface area contributed by atoms with Crippen LogP contribution in [0, 0.1) is 0 Å². The number of hydrogen-bond donors (Lipinski definition) is 0. The van der Waals surface area contributed by atoms with Gasteiger partial charge in [-0.25, -0.2) is 0 Å². The Morgan fingerprint density at radius 1 is 1.17 bits per heavy atom. The fourth-order valence-corrected chi connectivity index (χ4v) is 0. The summed E-state index contributed by atoms with van der Waals surface area (Å²) in [6, 6.07) is 0. The van der Waals surface area contributed by atoms with E-state index < -0.39 is 0 Å². The number of carbonyl (C=O) groups excluding carboxylic acids is 1. The molecule has 0 aliphatic heterocycles. The summed E-state index contributed by atoms with van der Waals surface area (Å²) in [7, 11) is 0. The van der Waals surface area contributed by atoms with Crippen molar-refractivity contribution in [3.63, 3.8) is 0 Å². The van der Waals surface area contributed by atoms with Crippen LogP contribution in [0.15, 0.2) is 0 Å². The van der Waals surface area contributed by atoms with Gasteiger partial charge in [-0.05, 0) is 13.8 Å². The van der Waals surface area contributed by atoms with Crippen LogP contribution in [0.25, 0.3) is 0 Å². The van der Waals surface area contributed by atoms with Crippen molar-refractivity contribution in [2.24, 2.45) is 0 Å². The van der Waals surface area contributed by atoms with Gasteiger partial charge in [0.15, 0.2) is 0 Å². The van der Waals surface area contributed by atoms with Gasteiger partial charge >= 0.3 is 59.1 Å². The van der Waals surface area contributed by atoms with E-state index in [1.54, 1.807) is 0 Å². The normalized spacial score (nSPS) is 4.33. The number of ketones is 1. The molecule has 0 fully saturated rings. The molecule has 3 heteroatoms. The molecule has 0 amide bonds. The number of hydrogen-bond acceptors (Lipinski definition) is 1. The predicted octanol–water partition coefficient (Wildman–Crippen LogP) is -0.702. The molecule has 0 spiro atoms. The van der Waals surface area contributed by atoms with E-state index in [1.165, 1.54) is 13.8 Å². The second kappa shape index (κ2) is 9.83. The first-order valence-corrected chi connectivity index (χ1v) is 1.20. The van der Waals surface area contributed by atoms with Gasteiger partial charge in [-0.2, -0.15) is 0 Å². The zero-order chi connectivity index (χ0) is 3.58. The summed E-state index contributed by atoms with van der Waals surface area (Å²) in [5.74, 6) is 0.167. The van der Waals surface area contributed by atoms with E-state index in [4.69, 9.17) is 0 Å². The summed E-state index contributed by atoms with van der Waals surface area (Å²) in [6.07, 6.45) is 0. The second-order valence-corrected chi connectivity index (χ2v) is 0.908. The van der Waals surface area contributed by atoms with Crippen molar-refractivity contribution in [2.45, 2.75) is 13.8 Å². The van der Waals surface area contributed by atoms with Crippen molar-refractivity contribution in [3.05, 3.63) is 0 Å². The van der Waals surface area contributed by atoms with Crippen molar-refractivity contribution >= 4 is 64.9 Å². The minimum atomic E-state index is 0. The average molecular weight is 106 g/mol. The Hall–Kier alpha value is 1.67. The van der Waals surface area contributed by atoms with Gasteiger partial charge in [0.1, 0.15) is 5.78 Å². The Kier molecular flexibility index (Phi) is 25.6. The van der Waals surface area contributed by atoms with Crippen LogP contribution < -0.4 is 0 Å². The van der Waals surface area contributed by atoms with Crippen LogP contribution in [-0.2, 0) is 4.79 Å². The van der Waals surface area contributed by atoms with Crippen LogP contribution in [0.5, 0.6) is 0 Å². The molecule has 0 saturated carbocycles. The summed E-state index contributed by atoms with van der Waals surface area (Å²) in [5.41, 5.74) is 0.